The summed E-state index contributed by atoms with van der Waals surface area (Å²) in [6.45, 7) is 1.95. The maximum Gasteiger partial charge on any atom is 0.195 e. The van der Waals surface area contributed by atoms with Crippen LogP contribution in [0.3, 0.4) is 0 Å². The second-order valence-electron chi connectivity index (χ2n) is 6.07. The Morgan fingerprint density at radius 3 is 2.48 bits per heavy atom. The summed E-state index contributed by atoms with van der Waals surface area (Å²) >= 11 is 0. The van der Waals surface area contributed by atoms with Gasteiger partial charge in [-0.05, 0) is 42.8 Å². The zero-order valence-electron chi connectivity index (χ0n) is 14.1. The van der Waals surface area contributed by atoms with Gasteiger partial charge in [-0.3, -0.25) is 4.79 Å². The third kappa shape index (κ3) is 2.64. The largest absolute Gasteiger partial charge is 0.497 e. The monoisotopic (exact) mass is 327 g/mol. The summed E-state index contributed by atoms with van der Waals surface area (Å²) in [5.41, 5.74) is 3.89. The van der Waals surface area contributed by atoms with Gasteiger partial charge in [0.25, 0.3) is 0 Å². The minimum Gasteiger partial charge on any atom is -0.497 e. The summed E-state index contributed by atoms with van der Waals surface area (Å²) in [6, 6.07) is 21.2. The molecule has 0 spiro atoms. The van der Waals surface area contributed by atoms with E-state index in [0.29, 0.717) is 11.1 Å². The summed E-state index contributed by atoms with van der Waals surface area (Å²) in [5, 5.41) is 1.94. The number of fused-ring (bicyclic) bond motifs is 2. The van der Waals surface area contributed by atoms with Gasteiger partial charge in [-0.15, -0.1) is 0 Å². The van der Waals surface area contributed by atoms with Crippen molar-refractivity contribution in [1.82, 2.24) is 4.98 Å². The first-order valence-corrected chi connectivity index (χ1v) is 8.15. The molecule has 0 N–H and O–H groups in total. The number of para-hydroxylation sites is 1. The first kappa shape index (κ1) is 15.3. The van der Waals surface area contributed by atoms with Crippen LogP contribution in [-0.4, -0.2) is 17.9 Å². The molecule has 1 aromatic heterocycles. The first-order chi connectivity index (χ1) is 12.2. The lowest BCUT2D eigenvalue weighted by Gasteiger charge is -2.09. The molecule has 3 heteroatoms. The fourth-order valence-corrected chi connectivity index (χ4v) is 3.12. The fourth-order valence-electron chi connectivity index (χ4n) is 3.12. The highest BCUT2D eigenvalue weighted by atomic mass is 16.5. The molecule has 0 aliphatic heterocycles. The number of carbonyl (C=O) groups is 1. The van der Waals surface area contributed by atoms with E-state index in [2.05, 4.69) is 6.07 Å². The molecule has 0 saturated heterocycles. The van der Waals surface area contributed by atoms with Crippen molar-refractivity contribution in [2.24, 2.45) is 0 Å². The minimum absolute atomic E-state index is 0.00376. The molecular weight excluding hydrogens is 310 g/mol. The Balaban J connectivity index is 1.94. The molecule has 0 atom stereocenters. The van der Waals surface area contributed by atoms with Crippen molar-refractivity contribution in [3.63, 3.8) is 0 Å². The predicted molar refractivity (Wildman–Crippen MR) is 100 cm³/mol. The number of hydrogen-bond donors (Lipinski definition) is 0. The zero-order chi connectivity index (χ0) is 17.4. The number of nitrogens with zero attached hydrogens (tertiary/aromatic N) is 1. The Hall–Kier alpha value is -3.20. The summed E-state index contributed by atoms with van der Waals surface area (Å²) in [5.74, 6) is 0.796. The molecule has 0 aliphatic rings. The van der Waals surface area contributed by atoms with E-state index >= 15 is 0 Å². The van der Waals surface area contributed by atoms with Gasteiger partial charge in [-0.25, -0.2) is 4.98 Å². The third-order valence-corrected chi connectivity index (χ3v) is 4.48. The Morgan fingerprint density at radius 2 is 1.68 bits per heavy atom. The van der Waals surface area contributed by atoms with Crippen LogP contribution in [0.5, 0.6) is 5.75 Å². The molecule has 25 heavy (non-hydrogen) atoms. The third-order valence-electron chi connectivity index (χ3n) is 4.48. The standard InChI is InChI=1S/C22H17NO2/c1-14-6-3-4-8-18(14)22(24)19-9-5-7-15-12-16-13-17(25-2)10-11-20(16)23-21(15)19/h3-13H,1-2H3. The summed E-state index contributed by atoms with van der Waals surface area (Å²) in [4.78, 5) is 17.8. The van der Waals surface area contributed by atoms with E-state index in [4.69, 9.17) is 9.72 Å². The predicted octanol–water partition coefficient (Wildman–Crippen LogP) is 4.94. The number of benzene rings is 3. The molecule has 0 saturated carbocycles. The number of aromatic nitrogens is 1. The van der Waals surface area contributed by atoms with E-state index < -0.39 is 0 Å². The number of pyridine rings is 1. The molecule has 1 heterocycles. The minimum atomic E-state index is 0.00376. The van der Waals surface area contributed by atoms with Gasteiger partial charge in [0.2, 0.25) is 0 Å². The molecule has 0 bridgehead atoms. The first-order valence-electron chi connectivity index (χ1n) is 8.15. The second kappa shape index (κ2) is 6.02. The van der Waals surface area contributed by atoms with Crippen LogP contribution in [0.4, 0.5) is 0 Å². The zero-order valence-corrected chi connectivity index (χ0v) is 14.1. The van der Waals surface area contributed by atoms with Gasteiger partial charge >= 0.3 is 0 Å². The number of rotatable bonds is 3. The van der Waals surface area contributed by atoms with Crippen LogP contribution in [-0.2, 0) is 0 Å². The lowest BCUT2D eigenvalue weighted by molar-refractivity contribution is 0.103. The van der Waals surface area contributed by atoms with Crippen molar-refractivity contribution >= 4 is 27.6 Å². The van der Waals surface area contributed by atoms with E-state index in [-0.39, 0.29) is 5.78 Å². The molecule has 3 aromatic carbocycles. The van der Waals surface area contributed by atoms with Crippen molar-refractivity contribution in [3.05, 3.63) is 83.4 Å². The quantitative estimate of drug-likeness (QED) is 0.395. The number of ketones is 1. The number of carbonyl (C=O) groups excluding carboxylic acids is 1. The SMILES string of the molecule is COc1ccc2nc3c(C(=O)c4ccccc4C)cccc3cc2c1. The normalized spacial score (nSPS) is 11.0. The van der Waals surface area contributed by atoms with Crippen LogP contribution in [0, 0.1) is 6.92 Å². The molecule has 4 aromatic rings. The van der Waals surface area contributed by atoms with Gasteiger partial charge in [0.05, 0.1) is 18.1 Å². The van der Waals surface area contributed by atoms with Crippen molar-refractivity contribution in [3.8, 4) is 5.75 Å². The highest BCUT2D eigenvalue weighted by Crippen LogP contribution is 2.27. The molecule has 0 fully saturated rings. The fraction of sp³-hybridized carbons (Fsp3) is 0.0909. The van der Waals surface area contributed by atoms with Crippen LogP contribution in [0.15, 0.2) is 66.7 Å². The van der Waals surface area contributed by atoms with Gasteiger partial charge in [-0.2, -0.15) is 0 Å². The second-order valence-corrected chi connectivity index (χ2v) is 6.07. The Bertz CT molecular complexity index is 1120. The molecule has 0 radical (unpaired) electrons. The average Bonchev–Trinajstić information content (AvgIpc) is 2.65. The van der Waals surface area contributed by atoms with Gasteiger partial charge in [0.15, 0.2) is 5.78 Å². The number of ether oxygens (including phenoxy) is 1. The summed E-state index contributed by atoms with van der Waals surface area (Å²) < 4.78 is 5.29. The maximum atomic E-state index is 13.1. The summed E-state index contributed by atoms with van der Waals surface area (Å²) in [7, 11) is 1.65. The van der Waals surface area contributed by atoms with Crippen LogP contribution in [0.1, 0.15) is 21.5 Å². The highest BCUT2D eigenvalue weighted by Gasteiger charge is 2.15. The van der Waals surface area contributed by atoms with Gasteiger partial charge in [-0.1, -0.05) is 36.4 Å². The average molecular weight is 327 g/mol. The number of aryl methyl sites for hydroxylation is 1. The van der Waals surface area contributed by atoms with Crippen LogP contribution >= 0.6 is 0 Å². The van der Waals surface area contributed by atoms with Crippen molar-refractivity contribution in [2.75, 3.05) is 7.11 Å². The van der Waals surface area contributed by atoms with Gasteiger partial charge < -0.3 is 4.74 Å². The molecule has 122 valence electrons. The molecule has 0 unspecified atom stereocenters. The summed E-state index contributed by atoms with van der Waals surface area (Å²) in [6.07, 6.45) is 0. The lowest BCUT2D eigenvalue weighted by Crippen LogP contribution is -2.05. The lowest BCUT2D eigenvalue weighted by atomic mass is 9.97. The Labute approximate surface area is 145 Å². The highest BCUT2D eigenvalue weighted by molar-refractivity contribution is 6.17. The van der Waals surface area contributed by atoms with Crippen LogP contribution in [0.2, 0.25) is 0 Å². The van der Waals surface area contributed by atoms with Gasteiger partial charge in [0, 0.05) is 21.9 Å². The van der Waals surface area contributed by atoms with Crippen LogP contribution in [0.25, 0.3) is 21.8 Å². The molecule has 0 aliphatic carbocycles. The maximum absolute atomic E-state index is 13.1. The van der Waals surface area contributed by atoms with Gasteiger partial charge in [0.1, 0.15) is 5.75 Å². The van der Waals surface area contributed by atoms with Crippen molar-refractivity contribution in [1.29, 1.82) is 0 Å². The number of hydrogen-bond acceptors (Lipinski definition) is 3. The Kier molecular flexibility index (Phi) is 3.69. The molecular formula is C22H17NO2. The number of methoxy groups -OCH3 is 1. The van der Waals surface area contributed by atoms with E-state index in [1.165, 1.54) is 0 Å². The van der Waals surface area contributed by atoms with E-state index in [0.717, 1.165) is 33.1 Å². The van der Waals surface area contributed by atoms with Crippen molar-refractivity contribution < 1.29 is 9.53 Å². The van der Waals surface area contributed by atoms with E-state index in [1.807, 2.05) is 67.6 Å². The van der Waals surface area contributed by atoms with Crippen molar-refractivity contribution in [2.45, 2.75) is 6.92 Å². The topological polar surface area (TPSA) is 39.2 Å². The van der Waals surface area contributed by atoms with E-state index in [9.17, 15) is 4.79 Å². The molecule has 3 nitrogen and oxygen atoms in total. The molecule has 4 rings (SSSR count). The van der Waals surface area contributed by atoms with Crippen LogP contribution < -0.4 is 4.74 Å². The molecule has 0 amide bonds. The smallest absolute Gasteiger partial charge is 0.195 e. The Morgan fingerprint density at radius 1 is 0.880 bits per heavy atom. The van der Waals surface area contributed by atoms with E-state index in [1.54, 1.807) is 7.11 Å².